The van der Waals surface area contributed by atoms with Gasteiger partial charge in [-0.3, -0.25) is 4.99 Å². The Labute approximate surface area is 111 Å². The molecule has 0 unspecified atom stereocenters. The third-order valence-corrected chi connectivity index (χ3v) is 3.46. The summed E-state index contributed by atoms with van der Waals surface area (Å²) < 4.78 is 0. The summed E-state index contributed by atoms with van der Waals surface area (Å²) in [6.07, 6.45) is 0.740. The number of hydrogen-bond donors (Lipinski definition) is 1. The third kappa shape index (κ3) is 1.79. The molecule has 0 atom stereocenters. The van der Waals surface area contributed by atoms with E-state index in [1.54, 1.807) is 6.07 Å². The lowest BCUT2D eigenvalue weighted by atomic mass is 10.0. The Balaban J connectivity index is 2.07. The van der Waals surface area contributed by atoms with Gasteiger partial charge in [0, 0.05) is 12.0 Å². The molecular weight excluding hydrogens is 246 g/mol. The van der Waals surface area contributed by atoms with Gasteiger partial charge in [0.25, 0.3) is 0 Å². The minimum atomic E-state index is 0.113. The first-order valence-corrected chi connectivity index (χ1v) is 6.18. The van der Waals surface area contributed by atoms with Crippen LogP contribution in [-0.2, 0) is 6.42 Å². The standard InChI is InChI=1S/C15H12ClNO/c1-9-5-6-10-8-14(17-13(10)7-9)11-3-2-4-12(16)15(11)18/h2-7,18H,8H2,1H3. The summed E-state index contributed by atoms with van der Waals surface area (Å²) in [7, 11) is 0. The van der Waals surface area contributed by atoms with Crippen molar-refractivity contribution >= 4 is 23.0 Å². The van der Waals surface area contributed by atoms with Crippen molar-refractivity contribution < 1.29 is 5.11 Å². The first-order chi connectivity index (χ1) is 8.65. The predicted molar refractivity (Wildman–Crippen MR) is 74.2 cm³/mol. The number of phenolic OH excluding ortho intramolecular Hbond substituents is 1. The summed E-state index contributed by atoms with van der Waals surface area (Å²) in [5.74, 6) is 0.113. The Morgan fingerprint density at radius 3 is 2.89 bits per heavy atom. The maximum atomic E-state index is 9.98. The van der Waals surface area contributed by atoms with Crippen molar-refractivity contribution in [3.05, 3.63) is 58.1 Å². The number of para-hydroxylation sites is 1. The van der Waals surface area contributed by atoms with Gasteiger partial charge in [-0.25, -0.2) is 0 Å². The Bertz CT molecular complexity index is 662. The molecule has 2 aromatic carbocycles. The highest BCUT2D eigenvalue weighted by Crippen LogP contribution is 2.34. The molecule has 0 spiro atoms. The molecule has 0 aliphatic carbocycles. The van der Waals surface area contributed by atoms with Crippen molar-refractivity contribution in [1.29, 1.82) is 0 Å². The molecule has 2 aromatic rings. The van der Waals surface area contributed by atoms with Crippen LogP contribution in [0.3, 0.4) is 0 Å². The zero-order valence-corrected chi connectivity index (χ0v) is 10.7. The Hall–Kier alpha value is -1.80. The molecule has 0 saturated heterocycles. The summed E-state index contributed by atoms with van der Waals surface area (Å²) in [4.78, 5) is 4.58. The van der Waals surface area contributed by atoms with Gasteiger partial charge in [-0.2, -0.15) is 0 Å². The number of aryl methyl sites for hydroxylation is 1. The van der Waals surface area contributed by atoms with E-state index < -0.39 is 0 Å². The number of fused-ring (bicyclic) bond motifs is 1. The fourth-order valence-electron chi connectivity index (χ4n) is 2.20. The molecule has 1 N–H and O–H groups in total. The number of benzene rings is 2. The van der Waals surface area contributed by atoms with E-state index in [-0.39, 0.29) is 5.75 Å². The molecule has 3 heteroatoms. The fraction of sp³-hybridized carbons (Fsp3) is 0.133. The van der Waals surface area contributed by atoms with Crippen molar-refractivity contribution in [1.82, 2.24) is 0 Å². The molecule has 2 nitrogen and oxygen atoms in total. The second-order valence-electron chi connectivity index (χ2n) is 4.50. The normalized spacial score (nSPS) is 13.3. The lowest BCUT2D eigenvalue weighted by Gasteiger charge is -2.04. The van der Waals surface area contributed by atoms with E-state index in [4.69, 9.17) is 11.6 Å². The summed E-state index contributed by atoms with van der Waals surface area (Å²) in [6.45, 7) is 2.05. The topological polar surface area (TPSA) is 32.6 Å². The summed E-state index contributed by atoms with van der Waals surface area (Å²) in [5.41, 5.74) is 4.96. The van der Waals surface area contributed by atoms with Crippen LogP contribution in [0, 0.1) is 6.92 Å². The van der Waals surface area contributed by atoms with Gasteiger partial charge in [-0.05, 0) is 36.2 Å². The summed E-state index contributed by atoms with van der Waals surface area (Å²) >= 11 is 5.92. The highest BCUT2D eigenvalue weighted by molar-refractivity contribution is 6.32. The molecule has 0 fully saturated rings. The van der Waals surface area contributed by atoms with Crippen LogP contribution < -0.4 is 0 Å². The number of halogens is 1. The van der Waals surface area contributed by atoms with E-state index in [0.717, 1.165) is 23.4 Å². The monoisotopic (exact) mass is 257 g/mol. The first-order valence-electron chi connectivity index (χ1n) is 5.80. The number of hydrogen-bond acceptors (Lipinski definition) is 2. The largest absolute Gasteiger partial charge is 0.506 e. The molecule has 0 amide bonds. The van der Waals surface area contributed by atoms with E-state index in [9.17, 15) is 5.11 Å². The molecule has 1 heterocycles. The van der Waals surface area contributed by atoms with Crippen LogP contribution in [0.25, 0.3) is 0 Å². The average molecular weight is 258 g/mol. The molecule has 90 valence electrons. The minimum Gasteiger partial charge on any atom is -0.506 e. The van der Waals surface area contributed by atoms with Gasteiger partial charge in [-0.15, -0.1) is 0 Å². The first kappa shape index (κ1) is 11.3. The molecule has 1 aliphatic heterocycles. The SMILES string of the molecule is Cc1ccc2c(c1)N=C(c1cccc(Cl)c1O)C2. The van der Waals surface area contributed by atoms with Gasteiger partial charge < -0.3 is 5.11 Å². The highest BCUT2D eigenvalue weighted by atomic mass is 35.5. The fourth-order valence-corrected chi connectivity index (χ4v) is 2.37. The molecule has 0 radical (unpaired) electrons. The lowest BCUT2D eigenvalue weighted by Crippen LogP contribution is -2.00. The van der Waals surface area contributed by atoms with Gasteiger partial charge in [-0.1, -0.05) is 29.8 Å². The van der Waals surface area contributed by atoms with Gasteiger partial charge in [0.15, 0.2) is 0 Å². The average Bonchev–Trinajstić information content (AvgIpc) is 2.75. The summed E-state index contributed by atoms with van der Waals surface area (Å²) in [6, 6.07) is 11.6. The van der Waals surface area contributed by atoms with E-state index in [1.165, 1.54) is 11.1 Å². The van der Waals surface area contributed by atoms with Crippen LogP contribution in [0.5, 0.6) is 5.75 Å². The molecule has 18 heavy (non-hydrogen) atoms. The van der Waals surface area contributed by atoms with Gasteiger partial charge in [0.05, 0.1) is 16.4 Å². The lowest BCUT2D eigenvalue weighted by molar-refractivity contribution is 0.474. The predicted octanol–water partition coefficient (Wildman–Crippen LogP) is 4.03. The Morgan fingerprint density at radius 2 is 2.06 bits per heavy atom. The van der Waals surface area contributed by atoms with Crippen LogP contribution in [0.2, 0.25) is 5.02 Å². The van der Waals surface area contributed by atoms with Crippen LogP contribution in [0.1, 0.15) is 16.7 Å². The number of nitrogens with zero attached hydrogens (tertiary/aromatic N) is 1. The summed E-state index contributed by atoms with van der Waals surface area (Å²) in [5, 5.41) is 10.3. The molecular formula is C15H12ClNO. The number of phenols is 1. The van der Waals surface area contributed by atoms with E-state index in [2.05, 4.69) is 23.2 Å². The number of aliphatic imine (C=N–C) groups is 1. The maximum absolute atomic E-state index is 9.98. The zero-order valence-electron chi connectivity index (χ0n) is 9.94. The van der Waals surface area contributed by atoms with Crippen LogP contribution in [0.15, 0.2) is 41.4 Å². The smallest absolute Gasteiger partial charge is 0.143 e. The Kier molecular flexibility index (Phi) is 2.60. The van der Waals surface area contributed by atoms with Crippen molar-refractivity contribution in [3.8, 4) is 5.75 Å². The minimum absolute atomic E-state index is 0.113. The van der Waals surface area contributed by atoms with Crippen molar-refractivity contribution in [2.24, 2.45) is 4.99 Å². The van der Waals surface area contributed by atoms with E-state index >= 15 is 0 Å². The van der Waals surface area contributed by atoms with Gasteiger partial charge >= 0.3 is 0 Å². The third-order valence-electron chi connectivity index (χ3n) is 3.15. The van der Waals surface area contributed by atoms with Crippen molar-refractivity contribution in [2.45, 2.75) is 13.3 Å². The van der Waals surface area contributed by atoms with E-state index in [1.807, 2.05) is 19.1 Å². The molecule has 0 saturated carbocycles. The van der Waals surface area contributed by atoms with Crippen LogP contribution >= 0.6 is 11.6 Å². The zero-order chi connectivity index (χ0) is 12.7. The van der Waals surface area contributed by atoms with Crippen LogP contribution in [-0.4, -0.2) is 10.8 Å². The maximum Gasteiger partial charge on any atom is 0.143 e. The molecule has 1 aliphatic rings. The van der Waals surface area contributed by atoms with Gasteiger partial charge in [0.1, 0.15) is 5.75 Å². The number of rotatable bonds is 1. The Morgan fingerprint density at radius 1 is 1.22 bits per heavy atom. The van der Waals surface area contributed by atoms with Gasteiger partial charge in [0.2, 0.25) is 0 Å². The molecule has 0 bridgehead atoms. The van der Waals surface area contributed by atoms with E-state index in [0.29, 0.717) is 5.02 Å². The highest BCUT2D eigenvalue weighted by Gasteiger charge is 2.19. The molecule has 3 rings (SSSR count). The second kappa shape index (κ2) is 4.14. The van der Waals surface area contributed by atoms with Crippen molar-refractivity contribution in [2.75, 3.05) is 0 Å². The molecule has 0 aromatic heterocycles. The second-order valence-corrected chi connectivity index (χ2v) is 4.91. The quantitative estimate of drug-likeness (QED) is 0.822. The number of aromatic hydroxyl groups is 1. The van der Waals surface area contributed by atoms with Crippen molar-refractivity contribution in [3.63, 3.8) is 0 Å². The van der Waals surface area contributed by atoms with Crippen LogP contribution in [0.4, 0.5) is 5.69 Å².